The number of aliphatic hydroxyl groups is 1. The average molecular weight is 572 g/mol. The van der Waals surface area contributed by atoms with Crippen molar-refractivity contribution < 1.29 is 33.8 Å². The molecule has 10 heteroatoms. The number of rotatable bonds is 10. The first-order valence-corrected chi connectivity index (χ1v) is 14.9. The van der Waals surface area contributed by atoms with Crippen LogP contribution in [0.25, 0.3) is 0 Å². The van der Waals surface area contributed by atoms with E-state index in [-0.39, 0.29) is 50.1 Å². The van der Waals surface area contributed by atoms with Gasteiger partial charge in [0.15, 0.2) is 0 Å². The Hall–Kier alpha value is -3.40. The zero-order valence-corrected chi connectivity index (χ0v) is 23.9. The van der Waals surface area contributed by atoms with Gasteiger partial charge in [0.25, 0.3) is 0 Å². The third kappa shape index (κ3) is 11.9. The maximum absolute atomic E-state index is 13.4. The van der Waals surface area contributed by atoms with Crippen molar-refractivity contribution in [1.82, 2.24) is 15.5 Å². The Bertz CT molecular complexity index is 1000. The third-order valence-corrected chi connectivity index (χ3v) is 7.54. The van der Waals surface area contributed by atoms with E-state index < -0.39 is 18.1 Å². The largest absolute Gasteiger partial charge is 0.463 e. The van der Waals surface area contributed by atoms with Crippen LogP contribution in [-0.2, 0) is 30.5 Å². The summed E-state index contributed by atoms with van der Waals surface area (Å²) in [6.07, 6.45) is 10.2. The number of allylic oxidation sites excluding steroid dienone is 2. The summed E-state index contributed by atoms with van der Waals surface area (Å²) in [7, 11) is 0. The van der Waals surface area contributed by atoms with Gasteiger partial charge in [0.2, 0.25) is 11.8 Å². The van der Waals surface area contributed by atoms with Crippen LogP contribution < -0.4 is 10.6 Å². The Kier molecular flexibility index (Phi) is 14.2. The molecule has 0 aliphatic carbocycles. The van der Waals surface area contributed by atoms with Crippen LogP contribution in [0, 0.1) is 5.92 Å². The van der Waals surface area contributed by atoms with Crippen LogP contribution in [0.2, 0.25) is 0 Å². The fraction of sp³-hybridized carbons (Fsp3) is 0.613. The number of carbonyl (C=O) groups is 4. The second kappa shape index (κ2) is 18.1. The normalized spacial score (nSPS) is 22.4. The van der Waals surface area contributed by atoms with E-state index in [1.54, 1.807) is 4.90 Å². The number of nitrogens with one attached hydrogen (secondary N) is 2. The summed E-state index contributed by atoms with van der Waals surface area (Å²) in [5.74, 6) is -1.21. The van der Waals surface area contributed by atoms with Crippen molar-refractivity contribution in [1.29, 1.82) is 0 Å². The molecule has 1 aromatic carbocycles. The van der Waals surface area contributed by atoms with Crippen molar-refractivity contribution in [2.75, 3.05) is 26.3 Å². The van der Waals surface area contributed by atoms with E-state index in [1.807, 2.05) is 42.5 Å². The molecule has 226 valence electrons. The molecule has 1 fully saturated rings. The molecule has 0 spiro atoms. The Morgan fingerprint density at radius 1 is 1.10 bits per heavy atom. The molecule has 0 aromatic heterocycles. The van der Waals surface area contributed by atoms with Gasteiger partial charge in [-0.3, -0.25) is 14.4 Å². The van der Waals surface area contributed by atoms with Crippen LogP contribution in [0.15, 0.2) is 42.5 Å². The first kappa shape index (κ1) is 32.1. The number of nitrogens with zero attached hydrogens (tertiary/aromatic N) is 1. The predicted octanol–water partition coefficient (Wildman–Crippen LogP) is 3.62. The molecule has 0 unspecified atom stereocenters. The number of ether oxygens (including phenoxy) is 2. The first-order chi connectivity index (χ1) is 20.0. The van der Waals surface area contributed by atoms with Gasteiger partial charge in [-0.25, -0.2) is 4.79 Å². The third-order valence-electron chi connectivity index (χ3n) is 7.54. The molecule has 2 aliphatic heterocycles. The number of cyclic esters (lactones) is 1. The second-order valence-electron chi connectivity index (χ2n) is 10.8. The minimum absolute atomic E-state index is 0.0618. The highest BCUT2D eigenvalue weighted by Gasteiger charge is 2.31. The zero-order valence-electron chi connectivity index (χ0n) is 23.9. The number of amides is 3. The minimum Gasteiger partial charge on any atom is -0.463 e. The molecule has 0 saturated carbocycles. The highest BCUT2D eigenvalue weighted by molar-refractivity contribution is 5.86. The smallest absolute Gasteiger partial charge is 0.407 e. The summed E-state index contributed by atoms with van der Waals surface area (Å²) >= 11 is 0. The van der Waals surface area contributed by atoms with Crippen LogP contribution in [-0.4, -0.2) is 72.3 Å². The van der Waals surface area contributed by atoms with Crippen molar-refractivity contribution in [2.45, 2.75) is 89.3 Å². The summed E-state index contributed by atoms with van der Waals surface area (Å²) in [6, 6.07) is 8.85. The molecule has 1 aromatic rings. The number of carbonyl (C=O) groups excluding carboxylic acids is 4. The molecule has 1 saturated heterocycles. The van der Waals surface area contributed by atoms with Gasteiger partial charge in [-0.15, -0.1) is 0 Å². The summed E-state index contributed by atoms with van der Waals surface area (Å²) < 4.78 is 10.7. The number of esters is 1. The first-order valence-electron chi connectivity index (χ1n) is 14.9. The molecule has 2 aliphatic rings. The molecule has 2 heterocycles. The van der Waals surface area contributed by atoms with Crippen molar-refractivity contribution in [3.05, 3.63) is 48.0 Å². The summed E-state index contributed by atoms with van der Waals surface area (Å²) in [6.45, 7) is 1.20. The van der Waals surface area contributed by atoms with E-state index in [2.05, 4.69) is 10.6 Å². The lowest BCUT2D eigenvalue weighted by Crippen LogP contribution is -2.44. The van der Waals surface area contributed by atoms with Crippen molar-refractivity contribution in [3.8, 4) is 0 Å². The molecule has 0 radical (unpaired) electrons. The highest BCUT2D eigenvalue weighted by Crippen LogP contribution is 2.21. The van der Waals surface area contributed by atoms with Crippen molar-refractivity contribution in [3.63, 3.8) is 0 Å². The number of hydrogen-bond acceptors (Lipinski definition) is 7. The van der Waals surface area contributed by atoms with Gasteiger partial charge in [-0.1, -0.05) is 42.5 Å². The molecule has 0 bridgehead atoms. The fourth-order valence-electron chi connectivity index (χ4n) is 5.14. The van der Waals surface area contributed by atoms with Crippen LogP contribution in [0.5, 0.6) is 0 Å². The lowest BCUT2D eigenvalue weighted by molar-refractivity contribution is -0.145. The van der Waals surface area contributed by atoms with E-state index in [0.29, 0.717) is 45.2 Å². The minimum atomic E-state index is -0.555. The van der Waals surface area contributed by atoms with Crippen LogP contribution in [0.3, 0.4) is 0 Å². The van der Waals surface area contributed by atoms with Gasteiger partial charge in [-0.2, -0.15) is 0 Å². The van der Waals surface area contributed by atoms with Gasteiger partial charge < -0.3 is 30.1 Å². The molecule has 41 heavy (non-hydrogen) atoms. The Morgan fingerprint density at radius 3 is 2.73 bits per heavy atom. The van der Waals surface area contributed by atoms with Crippen LogP contribution in [0.1, 0.15) is 76.2 Å². The molecule has 3 atom stereocenters. The number of hydrogen-bond donors (Lipinski definition) is 3. The number of alkyl carbamates (subject to hydrolysis) is 1. The van der Waals surface area contributed by atoms with Gasteiger partial charge in [-0.05, 0) is 63.4 Å². The fourth-order valence-corrected chi connectivity index (χ4v) is 5.14. The van der Waals surface area contributed by atoms with Crippen molar-refractivity contribution >= 4 is 23.9 Å². The van der Waals surface area contributed by atoms with Gasteiger partial charge in [0.05, 0.1) is 24.6 Å². The quantitative estimate of drug-likeness (QED) is 0.222. The number of benzene rings is 1. The summed E-state index contributed by atoms with van der Waals surface area (Å²) in [4.78, 5) is 52.3. The lowest BCUT2D eigenvalue weighted by atomic mass is 9.97. The highest BCUT2D eigenvalue weighted by atomic mass is 16.5. The second-order valence-corrected chi connectivity index (χ2v) is 10.8. The van der Waals surface area contributed by atoms with E-state index in [0.717, 1.165) is 37.7 Å². The Morgan fingerprint density at radius 2 is 1.93 bits per heavy atom. The molecule has 10 nitrogen and oxygen atoms in total. The van der Waals surface area contributed by atoms with E-state index >= 15 is 0 Å². The standard InChI is InChI=1S/C31H45N3O7/c35-21-27-16-11-19-34(27)28(36)20-25-14-7-2-1-3-8-17-29(37)40-23-26(33-30(25)38)15-9-10-18-32-31(39)41-22-24-12-5-4-6-13-24/h2,4-7,12-13,25-27,35H,1,3,8-11,14-23H2,(H,32,39)(H,33,38)/t25-,26+,27+/m1/s1. The maximum Gasteiger partial charge on any atom is 0.407 e. The molecular weight excluding hydrogens is 526 g/mol. The molecule has 3 amide bonds. The number of unbranched alkanes of at least 4 members (excludes halogenated alkanes) is 1. The van der Waals surface area contributed by atoms with Crippen molar-refractivity contribution in [2.24, 2.45) is 5.92 Å². The molecule has 3 rings (SSSR count). The predicted molar refractivity (Wildman–Crippen MR) is 154 cm³/mol. The number of aliphatic hydroxyl groups excluding tert-OH is 1. The van der Waals surface area contributed by atoms with Crippen LogP contribution >= 0.6 is 0 Å². The Labute approximate surface area is 242 Å². The molecule has 3 N–H and O–H groups in total. The monoisotopic (exact) mass is 571 g/mol. The van der Waals surface area contributed by atoms with E-state index in [4.69, 9.17) is 9.47 Å². The summed E-state index contributed by atoms with van der Waals surface area (Å²) in [5, 5.41) is 15.4. The molecular formula is C31H45N3O7. The Balaban J connectivity index is 1.51. The summed E-state index contributed by atoms with van der Waals surface area (Å²) in [5.41, 5.74) is 0.908. The number of likely N-dealkylation sites (tertiary alicyclic amines) is 1. The lowest BCUT2D eigenvalue weighted by Gasteiger charge is -2.26. The SMILES string of the molecule is O=C1CCCCC=CC[C@H](CC(=O)N2CCC[C@H]2CO)C(=O)N[C@@H](CCCCNC(=O)OCc2ccccc2)CO1. The zero-order chi connectivity index (χ0) is 29.3. The van der Waals surface area contributed by atoms with Gasteiger partial charge in [0, 0.05) is 25.9 Å². The van der Waals surface area contributed by atoms with Crippen LogP contribution in [0.4, 0.5) is 4.79 Å². The van der Waals surface area contributed by atoms with Gasteiger partial charge in [0.1, 0.15) is 13.2 Å². The van der Waals surface area contributed by atoms with Gasteiger partial charge >= 0.3 is 12.1 Å². The van der Waals surface area contributed by atoms with E-state index in [9.17, 15) is 24.3 Å². The average Bonchev–Trinajstić information content (AvgIpc) is 3.46. The van der Waals surface area contributed by atoms with E-state index in [1.165, 1.54) is 0 Å². The topological polar surface area (TPSA) is 134 Å². The maximum atomic E-state index is 13.4.